The van der Waals surface area contributed by atoms with Gasteiger partial charge in [-0.15, -0.1) is 11.3 Å². The number of rotatable bonds is 4. The molecular formula is C20H19BrClN3OS. The zero-order chi connectivity index (χ0) is 18.8. The van der Waals surface area contributed by atoms with Crippen LogP contribution in [0.25, 0.3) is 10.2 Å². The first-order valence-corrected chi connectivity index (χ1v) is 10.9. The Hall–Kier alpha value is -1.47. The lowest BCUT2D eigenvalue weighted by atomic mass is 9.97. The van der Waals surface area contributed by atoms with Gasteiger partial charge in [-0.2, -0.15) is 0 Å². The minimum absolute atomic E-state index is 0.0299. The summed E-state index contributed by atoms with van der Waals surface area (Å²) in [5.74, 6) is 0.459. The number of anilines is 1. The van der Waals surface area contributed by atoms with Gasteiger partial charge in [-0.05, 0) is 56.3 Å². The zero-order valence-electron chi connectivity index (χ0n) is 14.6. The number of thiazole rings is 1. The number of aromatic nitrogens is 1. The normalized spacial score (nSPS) is 15.9. The molecule has 0 bridgehead atoms. The maximum atomic E-state index is 12.4. The second-order valence-corrected chi connectivity index (χ2v) is 9.13. The van der Waals surface area contributed by atoms with Crippen molar-refractivity contribution < 1.29 is 4.79 Å². The molecule has 1 fully saturated rings. The van der Waals surface area contributed by atoms with Crippen LogP contribution in [-0.4, -0.2) is 35.4 Å². The topological polar surface area (TPSA) is 45.2 Å². The number of carbonyl (C=O) groups is 1. The van der Waals surface area contributed by atoms with Crippen molar-refractivity contribution in [1.82, 2.24) is 9.88 Å². The number of hydrogen-bond donors (Lipinski definition) is 1. The summed E-state index contributed by atoms with van der Waals surface area (Å²) >= 11 is 11.3. The highest BCUT2D eigenvalue weighted by Crippen LogP contribution is 2.33. The summed E-state index contributed by atoms with van der Waals surface area (Å²) in [5, 5.41) is 4.66. The molecule has 1 aliphatic heterocycles. The van der Waals surface area contributed by atoms with E-state index in [1.807, 2.05) is 18.2 Å². The Morgan fingerprint density at radius 1 is 1.26 bits per heavy atom. The van der Waals surface area contributed by atoms with Gasteiger partial charge in [0, 0.05) is 10.4 Å². The largest absolute Gasteiger partial charge is 0.324 e. The van der Waals surface area contributed by atoms with Crippen molar-refractivity contribution in [2.45, 2.75) is 18.8 Å². The highest BCUT2D eigenvalue weighted by molar-refractivity contribution is 9.10. The number of likely N-dealkylation sites (tertiary alicyclic amines) is 1. The van der Waals surface area contributed by atoms with E-state index in [9.17, 15) is 4.79 Å². The molecule has 0 spiro atoms. The fraction of sp³-hybridized carbons (Fsp3) is 0.300. The standard InChI is InChI=1S/C20H19BrClN3OS/c21-14-5-6-16(15(22)11-14)23-19(26)12-25-9-7-13(8-10-25)20-24-17-3-1-2-4-18(17)27-20/h1-6,11,13H,7-10,12H2,(H,23,26). The number of fused-ring (bicyclic) bond motifs is 1. The van der Waals surface area contributed by atoms with Gasteiger partial charge in [-0.25, -0.2) is 4.98 Å². The summed E-state index contributed by atoms with van der Waals surface area (Å²) in [6.07, 6.45) is 2.07. The van der Waals surface area contributed by atoms with Crippen LogP contribution in [0.5, 0.6) is 0 Å². The predicted octanol–water partition coefficient (Wildman–Crippen LogP) is 5.53. The monoisotopic (exact) mass is 463 g/mol. The van der Waals surface area contributed by atoms with Gasteiger partial charge >= 0.3 is 0 Å². The van der Waals surface area contributed by atoms with Crippen molar-refractivity contribution >= 4 is 60.7 Å². The molecule has 0 atom stereocenters. The molecule has 0 unspecified atom stereocenters. The van der Waals surface area contributed by atoms with E-state index in [4.69, 9.17) is 16.6 Å². The molecule has 4 rings (SSSR count). The molecule has 1 N–H and O–H groups in total. The van der Waals surface area contributed by atoms with E-state index < -0.39 is 0 Å². The first-order valence-electron chi connectivity index (χ1n) is 8.91. The molecule has 0 saturated carbocycles. The van der Waals surface area contributed by atoms with Crippen molar-refractivity contribution in [3.63, 3.8) is 0 Å². The van der Waals surface area contributed by atoms with Crippen LogP contribution in [0.15, 0.2) is 46.9 Å². The molecule has 27 heavy (non-hydrogen) atoms. The van der Waals surface area contributed by atoms with Crippen LogP contribution in [0.1, 0.15) is 23.8 Å². The maximum absolute atomic E-state index is 12.4. The van der Waals surface area contributed by atoms with Gasteiger partial charge in [0.2, 0.25) is 5.91 Å². The van der Waals surface area contributed by atoms with Crippen LogP contribution in [0, 0.1) is 0 Å². The molecule has 1 aliphatic rings. The van der Waals surface area contributed by atoms with E-state index in [-0.39, 0.29) is 5.91 Å². The van der Waals surface area contributed by atoms with Crippen LogP contribution in [0.2, 0.25) is 5.02 Å². The number of amides is 1. The van der Waals surface area contributed by atoms with Gasteiger partial charge in [-0.1, -0.05) is 39.7 Å². The Labute approximate surface area is 175 Å². The second-order valence-electron chi connectivity index (χ2n) is 6.74. The summed E-state index contributed by atoms with van der Waals surface area (Å²) in [4.78, 5) is 19.4. The van der Waals surface area contributed by atoms with Gasteiger partial charge in [0.05, 0.1) is 32.5 Å². The van der Waals surface area contributed by atoms with E-state index in [1.165, 1.54) is 9.71 Å². The third-order valence-electron chi connectivity index (χ3n) is 4.82. The summed E-state index contributed by atoms with van der Waals surface area (Å²) in [5.41, 5.74) is 1.74. The number of nitrogens with one attached hydrogen (secondary N) is 1. The molecule has 0 aliphatic carbocycles. The van der Waals surface area contributed by atoms with E-state index in [2.05, 4.69) is 44.3 Å². The van der Waals surface area contributed by atoms with E-state index in [1.54, 1.807) is 17.4 Å². The zero-order valence-corrected chi connectivity index (χ0v) is 17.8. The fourth-order valence-electron chi connectivity index (χ4n) is 3.39. The Balaban J connectivity index is 1.31. The van der Waals surface area contributed by atoms with Crippen LogP contribution in [-0.2, 0) is 4.79 Å². The molecule has 1 saturated heterocycles. The Morgan fingerprint density at radius 3 is 2.78 bits per heavy atom. The van der Waals surface area contributed by atoms with E-state index >= 15 is 0 Å². The van der Waals surface area contributed by atoms with Gasteiger partial charge in [0.1, 0.15) is 0 Å². The van der Waals surface area contributed by atoms with Gasteiger partial charge in [0.15, 0.2) is 0 Å². The summed E-state index contributed by atoms with van der Waals surface area (Å²) in [6, 6.07) is 13.7. The number of benzene rings is 2. The quantitative estimate of drug-likeness (QED) is 0.552. The Morgan fingerprint density at radius 2 is 2.04 bits per heavy atom. The minimum atomic E-state index is -0.0299. The average Bonchev–Trinajstić information content (AvgIpc) is 3.09. The molecular weight excluding hydrogens is 446 g/mol. The first-order chi connectivity index (χ1) is 13.1. The SMILES string of the molecule is O=C(CN1CCC(c2nc3ccccc3s2)CC1)Nc1ccc(Br)cc1Cl. The second kappa shape index (κ2) is 8.27. The van der Waals surface area contributed by atoms with Crippen molar-refractivity contribution in [3.05, 3.63) is 57.0 Å². The third kappa shape index (κ3) is 4.51. The van der Waals surface area contributed by atoms with Gasteiger partial charge in [0.25, 0.3) is 0 Å². The number of nitrogens with zero attached hydrogens (tertiary/aromatic N) is 2. The third-order valence-corrected chi connectivity index (χ3v) is 6.82. The molecule has 2 aromatic carbocycles. The molecule has 4 nitrogen and oxygen atoms in total. The molecule has 1 aromatic heterocycles. The lowest BCUT2D eigenvalue weighted by molar-refractivity contribution is -0.117. The number of hydrogen-bond acceptors (Lipinski definition) is 4. The number of carbonyl (C=O) groups excluding carboxylic acids is 1. The molecule has 3 aromatic rings. The minimum Gasteiger partial charge on any atom is -0.324 e. The van der Waals surface area contributed by atoms with Crippen molar-refractivity contribution in [3.8, 4) is 0 Å². The average molecular weight is 465 g/mol. The Kier molecular flexibility index (Phi) is 5.78. The smallest absolute Gasteiger partial charge is 0.238 e. The summed E-state index contributed by atoms with van der Waals surface area (Å²) in [7, 11) is 0. The van der Waals surface area contributed by atoms with Crippen molar-refractivity contribution in [1.29, 1.82) is 0 Å². The fourth-order valence-corrected chi connectivity index (χ4v) is 5.24. The molecule has 0 radical (unpaired) electrons. The van der Waals surface area contributed by atoms with Crippen molar-refractivity contribution in [2.24, 2.45) is 0 Å². The highest BCUT2D eigenvalue weighted by atomic mass is 79.9. The van der Waals surface area contributed by atoms with Crippen LogP contribution in [0.3, 0.4) is 0 Å². The van der Waals surface area contributed by atoms with Gasteiger partial charge < -0.3 is 5.32 Å². The Bertz CT molecular complexity index is 936. The summed E-state index contributed by atoms with van der Waals surface area (Å²) in [6.45, 7) is 2.20. The maximum Gasteiger partial charge on any atom is 0.238 e. The predicted molar refractivity (Wildman–Crippen MR) is 116 cm³/mol. The van der Waals surface area contributed by atoms with Gasteiger partial charge in [-0.3, -0.25) is 9.69 Å². The molecule has 7 heteroatoms. The highest BCUT2D eigenvalue weighted by Gasteiger charge is 2.24. The number of piperidine rings is 1. The van der Waals surface area contributed by atoms with Crippen LogP contribution in [0.4, 0.5) is 5.69 Å². The summed E-state index contributed by atoms with van der Waals surface area (Å²) < 4.78 is 2.14. The lowest BCUT2D eigenvalue weighted by Crippen LogP contribution is -2.38. The number of para-hydroxylation sites is 1. The van der Waals surface area contributed by atoms with Crippen LogP contribution < -0.4 is 5.32 Å². The van der Waals surface area contributed by atoms with Crippen LogP contribution >= 0.6 is 38.9 Å². The molecule has 2 heterocycles. The van der Waals surface area contributed by atoms with E-state index in [0.29, 0.717) is 23.2 Å². The molecule has 1 amide bonds. The van der Waals surface area contributed by atoms with E-state index in [0.717, 1.165) is 35.9 Å². The molecule has 140 valence electrons. The first kappa shape index (κ1) is 18.9. The lowest BCUT2D eigenvalue weighted by Gasteiger charge is -2.30. The number of halogens is 2. The van der Waals surface area contributed by atoms with Crippen molar-refractivity contribution in [2.75, 3.05) is 25.0 Å².